The molecule has 8 nitrogen and oxygen atoms in total. The van der Waals surface area contributed by atoms with Crippen LogP contribution in [0.2, 0.25) is 0 Å². The number of anilines is 3. The number of para-hydroxylation sites is 1. The van der Waals surface area contributed by atoms with Gasteiger partial charge in [-0.25, -0.2) is 19.3 Å². The van der Waals surface area contributed by atoms with Gasteiger partial charge < -0.3 is 19.6 Å². The third-order valence-electron chi connectivity index (χ3n) is 7.21. The fraction of sp³-hybridized carbons (Fsp3) is 0.333. The lowest BCUT2D eigenvalue weighted by Gasteiger charge is -2.36. The summed E-state index contributed by atoms with van der Waals surface area (Å²) >= 11 is 1.44. The predicted octanol–water partition coefficient (Wildman–Crippen LogP) is 3.82. The standard InChI is InChI=1S/C27H28FN7OS/c1-19-23-25(34-14-12-33(13-15-34)22-8-4-5-9-29-22)30-18-31-26(23)37-24(19)27(36)35-16-10-32(11-17-35)21-7-3-2-6-20(21)28/h2-9,18H,10-17H2,1H3. The number of benzene rings is 1. The Hall–Kier alpha value is -3.79. The predicted molar refractivity (Wildman–Crippen MR) is 145 cm³/mol. The molecule has 10 heteroatoms. The van der Waals surface area contributed by atoms with Crippen LogP contribution in [0.4, 0.5) is 21.7 Å². The van der Waals surface area contributed by atoms with Crippen LogP contribution in [0, 0.1) is 12.7 Å². The smallest absolute Gasteiger partial charge is 0.264 e. The number of pyridine rings is 1. The second-order valence-corrected chi connectivity index (χ2v) is 10.3. The summed E-state index contributed by atoms with van der Waals surface area (Å²) in [5.74, 6) is 1.67. The van der Waals surface area contributed by atoms with Gasteiger partial charge in [-0.3, -0.25) is 4.79 Å². The highest BCUT2D eigenvalue weighted by Gasteiger charge is 2.29. The van der Waals surface area contributed by atoms with E-state index in [1.54, 1.807) is 18.5 Å². The van der Waals surface area contributed by atoms with Crippen molar-refractivity contribution in [1.29, 1.82) is 0 Å². The molecule has 5 heterocycles. The van der Waals surface area contributed by atoms with Gasteiger partial charge in [0.15, 0.2) is 0 Å². The van der Waals surface area contributed by atoms with Gasteiger partial charge in [-0.05, 0) is 36.8 Å². The molecule has 0 N–H and O–H groups in total. The summed E-state index contributed by atoms with van der Waals surface area (Å²) in [5.41, 5.74) is 1.53. The van der Waals surface area contributed by atoms with Crippen LogP contribution < -0.4 is 14.7 Å². The number of halogens is 1. The number of carbonyl (C=O) groups is 1. The average molecular weight is 518 g/mol. The summed E-state index contributed by atoms with van der Waals surface area (Å²) in [7, 11) is 0. The SMILES string of the molecule is Cc1c(C(=O)N2CCN(c3ccccc3F)CC2)sc2ncnc(N3CCN(c4ccccn4)CC3)c12. The first-order valence-corrected chi connectivity index (χ1v) is 13.4. The number of aromatic nitrogens is 3. The first kappa shape index (κ1) is 23.6. The van der Waals surface area contributed by atoms with Crippen LogP contribution in [0.1, 0.15) is 15.2 Å². The van der Waals surface area contributed by atoms with Crippen LogP contribution in [-0.4, -0.2) is 78.1 Å². The zero-order chi connectivity index (χ0) is 25.4. The van der Waals surface area contributed by atoms with Gasteiger partial charge in [-0.1, -0.05) is 18.2 Å². The first-order valence-electron chi connectivity index (χ1n) is 12.5. The Morgan fingerprint density at radius 2 is 1.54 bits per heavy atom. The molecule has 0 bridgehead atoms. The Bertz CT molecular complexity index is 1410. The lowest BCUT2D eigenvalue weighted by atomic mass is 10.1. The van der Waals surface area contributed by atoms with Gasteiger partial charge in [0.1, 0.15) is 28.6 Å². The molecule has 37 heavy (non-hydrogen) atoms. The number of amides is 1. The quantitative estimate of drug-likeness (QED) is 0.408. The minimum Gasteiger partial charge on any atom is -0.366 e. The maximum atomic E-state index is 14.2. The minimum absolute atomic E-state index is 0.0135. The molecule has 0 atom stereocenters. The molecule has 2 aliphatic heterocycles. The van der Waals surface area contributed by atoms with E-state index in [2.05, 4.69) is 24.8 Å². The van der Waals surface area contributed by atoms with Gasteiger partial charge in [0.05, 0.1) is 16.0 Å². The van der Waals surface area contributed by atoms with Crippen LogP contribution >= 0.6 is 11.3 Å². The van der Waals surface area contributed by atoms with E-state index in [0.717, 1.165) is 53.6 Å². The number of rotatable bonds is 4. The van der Waals surface area contributed by atoms with Gasteiger partial charge in [0.25, 0.3) is 5.91 Å². The Kier molecular flexibility index (Phi) is 6.33. The molecule has 1 aromatic carbocycles. The molecule has 4 aromatic rings. The average Bonchev–Trinajstić information content (AvgIpc) is 3.30. The van der Waals surface area contributed by atoms with Crippen molar-refractivity contribution in [2.24, 2.45) is 0 Å². The van der Waals surface area contributed by atoms with Crippen molar-refractivity contribution in [2.75, 3.05) is 67.1 Å². The van der Waals surface area contributed by atoms with E-state index in [1.807, 2.05) is 47.2 Å². The monoisotopic (exact) mass is 517 g/mol. The number of thiophene rings is 1. The van der Waals surface area contributed by atoms with Crippen molar-refractivity contribution >= 4 is 44.8 Å². The van der Waals surface area contributed by atoms with Gasteiger partial charge >= 0.3 is 0 Å². The van der Waals surface area contributed by atoms with E-state index in [0.29, 0.717) is 36.7 Å². The van der Waals surface area contributed by atoms with Gasteiger partial charge in [0, 0.05) is 58.6 Å². The summed E-state index contributed by atoms with van der Waals surface area (Å²) in [6.45, 7) is 7.64. The van der Waals surface area contributed by atoms with E-state index in [1.165, 1.54) is 17.4 Å². The number of nitrogens with zero attached hydrogens (tertiary/aromatic N) is 7. The maximum absolute atomic E-state index is 14.2. The number of fused-ring (bicyclic) bond motifs is 1. The number of carbonyl (C=O) groups excluding carboxylic acids is 1. The summed E-state index contributed by atoms with van der Waals surface area (Å²) in [6.07, 6.45) is 3.42. The highest BCUT2D eigenvalue weighted by molar-refractivity contribution is 7.20. The van der Waals surface area contributed by atoms with Crippen molar-refractivity contribution in [1.82, 2.24) is 19.9 Å². The van der Waals surface area contributed by atoms with Crippen molar-refractivity contribution in [3.05, 3.63) is 71.2 Å². The van der Waals surface area contributed by atoms with E-state index >= 15 is 0 Å². The molecule has 2 saturated heterocycles. The number of aryl methyl sites for hydroxylation is 1. The van der Waals surface area contributed by atoms with E-state index in [9.17, 15) is 9.18 Å². The van der Waals surface area contributed by atoms with Crippen LogP contribution in [-0.2, 0) is 0 Å². The highest BCUT2D eigenvalue weighted by atomic mass is 32.1. The molecule has 0 spiro atoms. The fourth-order valence-corrected chi connectivity index (χ4v) is 6.30. The number of piperazine rings is 2. The minimum atomic E-state index is -0.227. The molecule has 1 amide bonds. The second-order valence-electron chi connectivity index (χ2n) is 9.33. The third kappa shape index (κ3) is 4.46. The Balaban J connectivity index is 1.18. The molecule has 2 fully saturated rings. The molecule has 0 saturated carbocycles. The molecule has 6 rings (SSSR count). The lowest BCUT2D eigenvalue weighted by Crippen LogP contribution is -2.49. The number of hydrogen-bond donors (Lipinski definition) is 0. The Labute approximate surface area is 219 Å². The lowest BCUT2D eigenvalue weighted by molar-refractivity contribution is 0.0751. The van der Waals surface area contributed by atoms with Gasteiger partial charge in [-0.2, -0.15) is 0 Å². The molecule has 2 aliphatic rings. The molecule has 0 radical (unpaired) electrons. The molecule has 3 aromatic heterocycles. The molecule has 0 unspecified atom stereocenters. The van der Waals surface area contributed by atoms with E-state index < -0.39 is 0 Å². The Morgan fingerprint density at radius 1 is 0.838 bits per heavy atom. The zero-order valence-electron chi connectivity index (χ0n) is 20.7. The highest BCUT2D eigenvalue weighted by Crippen LogP contribution is 2.36. The normalized spacial score (nSPS) is 16.5. The molecule has 190 valence electrons. The van der Waals surface area contributed by atoms with E-state index in [4.69, 9.17) is 0 Å². The van der Waals surface area contributed by atoms with Crippen LogP contribution in [0.15, 0.2) is 55.0 Å². The number of hydrogen-bond acceptors (Lipinski definition) is 8. The summed E-state index contributed by atoms with van der Waals surface area (Å²) < 4.78 is 14.2. The molecular weight excluding hydrogens is 489 g/mol. The van der Waals surface area contributed by atoms with Crippen molar-refractivity contribution in [3.63, 3.8) is 0 Å². The fourth-order valence-electron chi connectivity index (χ4n) is 5.19. The first-order chi connectivity index (χ1) is 18.1. The van der Waals surface area contributed by atoms with Gasteiger partial charge in [-0.15, -0.1) is 11.3 Å². The summed E-state index contributed by atoms with van der Waals surface area (Å²) in [4.78, 5) is 37.2. The molecular formula is C27H28FN7OS. The van der Waals surface area contributed by atoms with Crippen molar-refractivity contribution in [3.8, 4) is 0 Å². The van der Waals surface area contributed by atoms with Crippen LogP contribution in [0.5, 0.6) is 0 Å². The van der Waals surface area contributed by atoms with Crippen molar-refractivity contribution in [2.45, 2.75) is 6.92 Å². The largest absolute Gasteiger partial charge is 0.366 e. The zero-order valence-corrected chi connectivity index (χ0v) is 21.5. The molecule has 0 aliphatic carbocycles. The summed E-state index contributed by atoms with van der Waals surface area (Å²) in [6, 6.07) is 12.8. The van der Waals surface area contributed by atoms with E-state index in [-0.39, 0.29) is 11.7 Å². The topological polar surface area (TPSA) is 68.7 Å². The maximum Gasteiger partial charge on any atom is 0.264 e. The van der Waals surface area contributed by atoms with Crippen molar-refractivity contribution < 1.29 is 9.18 Å². The van der Waals surface area contributed by atoms with Crippen LogP contribution in [0.25, 0.3) is 10.2 Å². The second kappa shape index (κ2) is 9.93. The van der Waals surface area contributed by atoms with Gasteiger partial charge in [0.2, 0.25) is 0 Å². The third-order valence-corrected chi connectivity index (χ3v) is 8.40. The Morgan fingerprint density at radius 3 is 2.27 bits per heavy atom. The van der Waals surface area contributed by atoms with Crippen LogP contribution in [0.3, 0.4) is 0 Å². The summed E-state index contributed by atoms with van der Waals surface area (Å²) in [5, 5.41) is 0.965.